The lowest BCUT2D eigenvalue weighted by Gasteiger charge is -2.38. The highest BCUT2D eigenvalue weighted by atomic mass is 127. The van der Waals surface area contributed by atoms with Crippen molar-refractivity contribution in [3.63, 3.8) is 0 Å². The first-order valence-electron chi connectivity index (χ1n) is 4.21. The lowest BCUT2D eigenvalue weighted by Crippen LogP contribution is -2.42. The van der Waals surface area contributed by atoms with Crippen LogP contribution in [0.15, 0.2) is 0 Å². The van der Waals surface area contributed by atoms with Crippen LogP contribution < -0.4 is 0 Å². The Bertz CT molecular complexity index is 138. The van der Waals surface area contributed by atoms with Crippen molar-refractivity contribution in [2.24, 2.45) is 5.92 Å². The van der Waals surface area contributed by atoms with Gasteiger partial charge in [0.25, 0.3) is 0 Å². The number of alkyl halides is 1. The maximum atomic E-state index is 5.56. The zero-order valence-electron chi connectivity index (χ0n) is 6.46. The zero-order valence-corrected chi connectivity index (χ0v) is 8.62. The van der Waals surface area contributed by atoms with Gasteiger partial charge >= 0.3 is 0 Å². The van der Waals surface area contributed by atoms with Crippen LogP contribution in [0.4, 0.5) is 0 Å². The third-order valence-electron chi connectivity index (χ3n) is 2.55. The molecule has 3 heteroatoms. The molecule has 2 aliphatic rings. The van der Waals surface area contributed by atoms with Gasteiger partial charge in [0.2, 0.25) is 0 Å². The summed E-state index contributed by atoms with van der Waals surface area (Å²) in [7, 11) is 0. The Balaban J connectivity index is 1.99. The van der Waals surface area contributed by atoms with Crippen LogP contribution >= 0.6 is 22.6 Å². The van der Waals surface area contributed by atoms with Crippen molar-refractivity contribution < 1.29 is 9.47 Å². The molecule has 1 heterocycles. The fraction of sp³-hybridized carbons (Fsp3) is 1.00. The molecule has 0 aromatic carbocycles. The van der Waals surface area contributed by atoms with Crippen LogP contribution in [0.3, 0.4) is 0 Å². The summed E-state index contributed by atoms with van der Waals surface area (Å²) in [6, 6.07) is 0. The molecule has 1 aliphatic carbocycles. The van der Waals surface area contributed by atoms with Crippen LogP contribution in [0, 0.1) is 5.92 Å². The van der Waals surface area contributed by atoms with Crippen LogP contribution in [-0.2, 0) is 9.47 Å². The van der Waals surface area contributed by atoms with Crippen LogP contribution in [0.1, 0.15) is 19.3 Å². The topological polar surface area (TPSA) is 18.5 Å². The number of rotatable bonds is 0. The fourth-order valence-electron chi connectivity index (χ4n) is 1.94. The molecule has 0 bridgehead atoms. The normalized spacial score (nSPS) is 45.0. The van der Waals surface area contributed by atoms with Gasteiger partial charge in [-0.15, -0.1) is 0 Å². The molecule has 0 spiro atoms. The largest absolute Gasteiger partial charge is 0.355 e. The zero-order chi connectivity index (χ0) is 7.68. The molecule has 0 radical (unpaired) electrons. The number of ether oxygens (including phenoxy) is 2. The third-order valence-corrected chi connectivity index (χ3v) is 3.88. The molecule has 1 saturated carbocycles. The molecular weight excluding hydrogens is 255 g/mol. The minimum Gasteiger partial charge on any atom is -0.355 e. The predicted molar refractivity (Wildman–Crippen MR) is 50.8 cm³/mol. The monoisotopic (exact) mass is 268 g/mol. The van der Waals surface area contributed by atoms with Gasteiger partial charge in [-0.2, -0.15) is 0 Å². The number of fused-ring (bicyclic) bond motifs is 1. The second-order valence-electron chi connectivity index (χ2n) is 3.33. The molecular formula is C8H13IO2. The van der Waals surface area contributed by atoms with E-state index in [1.54, 1.807) is 0 Å². The highest BCUT2D eigenvalue weighted by molar-refractivity contribution is 14.1. The number of hydrogen-bond acceptors (Lipinski definition) is 2. The van der Waals surface area contributed by atoms with Crippen LogP contribution in [0.2, 0.25) is 0 Å². The molecule has 3 atom stereocenters. The Hall–Kier alpha value is 0.650. The van der Waals surface area contributed by atoms with Gasteiger partial charge in [0.05, 0.1) is 12.7 Å². The Morgan fingerprint density at radius 2 is 2.18 bits per heavy atom. The molecule has 1 aliphatic heterocycles. The predicted octanol–water partition coefficient (Wildman–Crippen LogP) is 1.96. The molecule has 0 aromatic rings. The Morgan fingerprint density at radius 1 is 1.27 bits per heavy atom. The van der Waals surface area contributed by atoms with E-state index >= 15 is 0 Å². The van der Waals surface area contributed by atoms with Gasteiger partial charge in [-0.3, -0.25) is 0 Å². The van der Waals surface area contributed by atoms with Crippen LogP contribution in [0.25, 0.3) is 0 Å². The summed E-state index contributed by atoms with van der Waals surface area (Å²) in [5.74, 6) is 0.680. The molecule has 0 N–H and O–H groups in total. The van der Waals surface area contributed by atoms with Crippen LogP contribution in [-0.4, -0.2) is 23.4 Å². The summed E-state index contributed by atoms with van der Waals surface area (Å²) in [5.41, 5.74) is 0. The van der Waals surface area contributed by atoms with E-state index in [0.29, 0.717) is 18.8 Å². The molecule has 11 heavy (non-hydrogen) atoms. The first-order chi connectivity index (χ1) is 5.38. The molecule has 2 fully saturated rings. The van der Waals surface area contributed by atoms with Crippen molar-refractivity contribution in [3.05, 3.63) is 0 Å². The van der Waals surface area contributed by atoms with E-state index < -0.39 is 0 Å². The average molecular weight is 268 g/mol. The SMILES string of the molecule is I[C@H]1CCC[C@@H]2COCO[C@@H]21. The van der Waals surface area contributed by atoms with Crippen molar-refractivity contribution in [1.82, 2.24) is 0 Å². The summed E-state index contributed by atoms with van der Waals surface area (Å²) >= 11 is 2.51. The first-order valence-corrected chi connectivity index (χ1v) is 5.46. The van der Waals surface area contributed by atoms with E-state index in [1.165, 1.54) is 19.3 Å². The van der Waals surface area contributed by atoms with E-state index in [1.807, 2.05) is 0 Å². The summed E-state index contributed by atoms with van der Waals surface area (Å²) < 4.78 is 11.5. The molecule has 64 valence electrons. The van der Waals surface area contributed by atoms with Gasteiger partial charge in [-0.1, -0.05) is 29.0 Å². The summed E-state index contributed by atoms with van der Waals surface area (Å²) in [6.45, 7) is 1.44. The van der Waals surface area contributed by atoms with Gasteiger partial charge in [0, 0.05) is 9.84 Å². The first kappa shape index (κ1) is 8.26. The Labute approximate surface area is 80.8 Å². The second kappa shape index (κ2) is 3.58. The smallest absolute Gasteiger partial charge is 0.147 e. The lowest BCUT2D eigenvalue weighted by atomic mass is 9.86. The van der Waals surface area contributed by atoms with Crippen molar-refractivity contribution in [2.45, 2.75) is 29.3 Å². The number of hydrogen-bond donors (Lipinski definition) is 0. The van der Waals surface area contributed by atoms with Crippen molar-refractivity contribution >= 4 is 22.6 Å². The summed E-state index contributed by atoms with van der Waals surface area (Å²) in [5, 5.41) is 0. The molecule has 0 amide bonds. The van der Waals surface area contributed by atoms with E-state index in [0.717, 1.165) is 10.5 Å². The van der Waals surface area contributed by atoms with Crippen molar-refractivity contribution in [2.75, 3.05) is 13.4 Å². The van der Waals surface area contributed by atoms with Gasteiger partial charge in [-0.05, 0) is 12.8 Å². The van der Waals surface area contributed by atoms with Gasteiger partial charge in [-0.25, -0.2) is 0 Å². The average Bonchev–Trinajstić information content (AvgIpc) is 2.06. The van der Waals surface area contributed by atoms with Crippen molar-refractivity contribution in [1.29, 1.82) is 0 Å². The highest BCUT2D eigenvalue weighted by Gasteiger charge is 2.34. The van der Waals surface area contributed by atoms with E-state index in [4.69, 9.17) is 9.47 Å². The van der Waals surface area contributed by atoms with E-state index in [-0.39, 0.29) is 0 Å². The van der Waals surface area contributed by atoms with Gasteiger partial charge in [0.1, 0.15) is 6.79 Å². The van der Waals surface area contributed by atoms with Gasteiger partial charge < -0.3 is 9.47 Å². The Kier molecular flexibility index (Phi) is 2.69. The summed E-state index contributed by atoms with van der Waals surface area (Å²) in [6.07, 6.45) is 4.45. The Morgan fingerprint density at radius 3 is 3.00 bits per heavy atom. The number of halogens is 1. The third kappa shape index (κ3) is 1.70. The van der Waals surface area contributed by atoms with E-state index in [9.17, 15) is 0 Å². The maximum Gasteiger partial charge on any atom is 0.147 e. The minimum absolute atomic E-state index is 0.484. The fourth-order valence-corrected chi connectivity index (χ4v) is 3.18. The van der Waals surface area contributed by atoms with Crippen LogP contribution in [0.5, 0.6) is 0 Å². The molecule has 2 nitrogen and oxygen atoms in total. The molecule has 2 rings (SSSR count). The van der Waals surface area contributed by atoms with Crippen molar-refractivity contribution in [3.8, 4) is 0 Å². The second-order valence-corrected chi connectivity index (χ2v) is 4.93. The van der Waals surface area contributed by atoms with Gasteiger partial charge in [0.15, 0.2) is 0 Å². The quantitative estimate of drug-likeness (QED) is 0.494. The minimum atomic E-state index is 0.484. The summed E-state index contributed by atoms with van der Waals surface area (Å²) in [4.78, 5) is 0. The lowest BCUT2D eigenvalue weighted by molar-refractivity contribution is -0.175. The molecule has 0 aromatic heterocycles. The highest BCUT2D eigenvalue weighted by Crippen LogP contribution is 2.34. The molecule has 0 unspecified atom stereocenters. The maximum absolute atomic E-state index is 5.56. The standard InChI is InChI=1S/C8H13IO2/c9-7-3-1-2-6-4-10-5-11-8(6)7/h6-8H,1-5H2/t6-,7+,8+/m1/s1. The molecule has 1 saturated heterocycles. The van der Waals surface area contributed by atoms with E-state index in [2.05, 4.69) is 22.6 Å².